The van der Waals surface area contributed by atoms with E-state index in [1.54, 1.807) is 18.8 Å². The molecule has 4 rings (SSSR count). The Bertz CT molecular complexity index is 1100. The zero-order chi connectivity index (χ0) is 18.6. The third-order valence-corrected chi connectivity index (χ3v) is 8.71. The van der Waals surface area contributed by atoms with Gasteiger partial charge in [-0.3, -0.25) is 4.79 Å². The highest BCUT2D eigenvalue weighted by atomic mass is 28.3. The van der Waals surface area contributed by atoms with Crippen LogP contribution < -0.4 is 15.0 Å². The summed E-state index contributed by atoms with van der Waals surface area (Å²) in [5, 5.41) is 2.60. The fourth-order valence-electron chi connectivity index (χ4n) is 4.29. The van der Waals surface area contributed by atoms with Gasteiger partial charge in [-0.1, -0.05) is 19.1 Å². The van der Waals surface area contributed by atoms with Crippen molar-refractivity contribution in [1.82, 2.24) is 4.57 Å². The van der Waals surface area contributed by atoms with E-state index >= 15 is 0 Å². The highest BCUT2D eigenvalue weighted by Gasteiger charge is 2.28. The smallest absolute Gasteiger partial charge is 0.258 e. The summed E-state index contributed by atoms with van der Waals surface area (Å²) in [4.78, 5) is 13.0. The maximum Gasteiger partial charge on any atom is 0.258 e. The molecule has 0 N–H and O–H groups in total. The van der Waals surface area contributed by atoms with Crippen LogP contribution in [-0.4, -0.2) is 26.9 Å². The van der Waals surface area contributed by atoms with Gasteiger partial charge in [0.05, 0.1) is 33.2 Å². The molecule has 0 bridgehead atoms. The van der Waals surface area contributed by atoms with Crippen LogP contribution in [0, 0.1) is 0 Å². The van der Waals surface area contributed by atoms with Gasteiger partial charge in [0.25, 0.3) is 5.56 Å². The summed E-state index contributed by atoms with van der Waals surface area (Å²) in [6, 6.07) is 10.7. The van der Waals surface area contributed by atoms with Crippen molar-refractivity contribution in [2.75, 3.05) is 14.2 Å². The number of rotatable bonds is 2. The summed E-state index contributed by atoms with van der Waals surface area (Å²) in [6.07, 6.45) is 1.12. The number of aromatic nitrogens is 1. The quantitative estimate of drug-likeness (QED) is 0.507. The van der Waals surface area contributed by atoms with E-state index < -0.39 is 8.07 Å². The zero-order valence-corrected chi connectivity index (χ0v) is 17.1. The minimum absolute atomic E-state index is 0.00100. The molecule has 1 aromatic heterocycles. The molecular weight excluding hydrogens is 342 g/mol. The Morgan fingerprint density at radius 1 is 1.04 bits per heavy atom. The van der Waals surface area contributed by atoms with Gasteiger partial charge in [-0.05, 0) is 47.9 Å². The van der Waals surface area contributed by atoms with Gasteiger partial charge in [0.1, 0.15) is 0 Å². The van der Waals surface area contributed by atoms with E-state index in [1.165, 1.54) is 23.2 Å². The Labute approximate surface area is 154 Å². The molecule has 2 heterocycles. The van der Waals surface area contributed by atoms with E-state index in [1.807, 2.05) is 19.2 Å². The first-order valence-electron chi connectivity index (χ1n) is 9.05. The predicted molar refractivity (Wildman–Crippen MR) is 109 cm³/mol. The van der Waals surface area contributed by atoms with Crippen molar-refractivity contribution < 1.29 is 9.47 Å². The van der Waals surface area contributed by atoms with Gasteiger partial charge in [-0.25, -0.2) is 0 Å². The lowest BCUT2D eigenvalue weighted by molar-refractivity contribution is 0.358. The monoisotopic (exact) mass is 367 g/mol. The van der Waals surface area contributed by atoms with E-state index in [0.29, 0.717) is 16.9 Å². The van der Waals surface area contributed by atoms with Gasteiger partial charge in [0.2, 0.25) is 0 Å². The second-order valence-electron chi connectivity index (χ2n) is 8.07. The number of benzene rings is 2. The summed E-state index contributed by atoms with van der Waals surface area (Å²) in [7, 11) is 3.93. The molecule has 0 fully saturated rings. The van der Waals surface area contributed by atoms with Crippen LogP contribution in [0.15, 0.2) is 29.1 Å². The third-order valence-electron chi connectivity index (χ3n) is 5.77. The van der Waals surface area contributed by atoms with Crippen LogP contribution in [0.2, 0.25) is 19.1 Å². The van der Waals surface area contributed by atoms with Crippen LogP contribution in [0.5, 0.6) is 11.5 Å². The number of methoxy groups -OCH3 is 2. The van der Waals surface area contributed by atoms with E-state index in [4.69, 9.17) is 9.47 Å². The van der Waals surface area contributed by atoms with Gasteiger partial charge in [0.15, 0.2) is 11.5 Å². The molecule has 0 unspecified atom stereocenters. The molecule has 0 spiro atoms. The molecule has 0 saturated carbocycles. The number of fused-ring (bicyclic) bond motifs is 4. The lowest BCUT2D eigenvalue weighted by Gasteiger charge is -2.30. The van der Waals surface area contributed by atoms with Gasteiger partial charge < -0.3 is 14.0 Å². The minimum Gasteiger partial charge on any atom is -0.493 e. The van der Waals surface area contributed by atoms with Gasteiger partial charge in [-0.15, -0.1) is 0 Å². The van der Waals surface area contributed by atoms with Crippen molar-refractivity contribution in [3.8, 4) is 11.5 Å². The van der Waals surface area contributed by atoms with Gasteiger partial charge in [0, 0.05) is 17.8 Å². The fourth-order valence-corrected chi connectivity index (χ4v) is 6.77. The molecule has 0 radical (unpaired) electrons. The Morgan fingerprint density at radius 3 is 2.50 bits per heavy atom. The largest absolute Gasteiger partial charge is 0.493 e. The Hall–Kier alpha value is -2.27. The van der Waals surface area contributed by atoms with Gasteiger partial charge >= 0.3 is 0 Å². The normalized spacial score (nSPS) is 15.9. The lowest BCUT2D eigenvalue weighted by Crippen LogP contribution is -2.33. The van der Waals surface area contributed by atoms with Crippen molar-refractivity contribution >= 4 is 29.7 Å². The number of pyridine rings is 1. The SMILES string of the molecule is COc1ccc2c(=O)n(C)c3cc4c(cc3c2c1OC)C[Si](C)(C)CC4. The van der Waals surface area contributed by atoms with Gasteiger partial charge in [-0.2, -0.15) is 0 Å². The number of ether oxygens (including phenoxy) is 2. The van der Waals surface area contributed by atoms with Crippen LogP contribution in [0.1, 0.15) is 11.1 Å². The molecule has 1 aliphatic rings. The molecule has 3 aromatic rings. The highest BCUT2D eigenvalue weighted by molar-refractivity contribution is 6.77. The molecule has 26 heavy (non-hydrogen) atoms. The summed E-state index contributed by atoms with van der Waals surface area (Å²) in [5.74, 6) is 1.29. The van der Waals surface area contributed by atoms with E-state index in [9.17, 15) is 4.79 Å². The number of hydrogen-bond acceptors (Lipinski definition) is 3. The second kappa shape index (κ2) is 5.88. The topological polar surface area (TPSA) is 40.5 Å². The molecule has 136 valence electrons. The Balaban J connectivity index is 2.18. The van der Waals surface area contributed by atoms with Crippen LogP contribution in [-0.2, 0) is 19.5 Å². The van der Waals surface area contributed by atoms with Crippen LogP contribution in [0.3, 0.4) is 0 Å². The number of aryl methyl sites for hydroxylation is 2. The first kappa shape index (κ1) is 17.2. The van der Waals surface area contributed by atoms with Crippen molar-refractivity contribution in [3.63, 3.8) is 0 Å². The van der Waals surface area contributed by atoms with Crippen LogP contribution in [0.25, 0.3) is 21.7 Å². The maximum absolute atomic E-state index is 13.0. The molecule has 0 atom stereocenters. The molecule has 0 aliphatic carbocycles. The molecule has 2 aromatic carbocycles. The van der Waals surface area contributed by atoms with E-state index in [-0.39, 0.29) is 5.56 Å². The Kier molecular flexibility index (Phi) is 3.88. The average Bonchev–Trinajstić information content (AvgIpc) is 2.63. The first-order chi connectivity index (χ1) is 12.4. The predicted octanol–water partition coefficient (Wildman–Crippen LogP) is 4.06. The summed E-state index contributed by atoms with van der Waals surface area (Å²) in [5.41, 5.74) is 3.79. The van der Waals surface area contributed by atoms with Crippen LogP contribution in [0.4, 0.5) is 0 Å². The zero-order valence-electron chi connectivity index (χ0n) is 16.1. The third kappa shape index (κ3) is 2.45. The van der Waals surface area contributed by atoms with Crippen molar-refractivity contribution in [3.05, 3.63) is 45.7 Å². The lowest BCUT2D eigenvalue weighted by atomic mass is 9.98. The van der Waals surface area contributed by atoms with Crippen LogP contribution >= 0.6 is 0 Å². The second-order valence-corrected chi connectivity index (χ2v) is 13.2. The molecule has 1 aliphatic heterocycles. The van der Waals surface area contributed by atoms with Crippen molar-refractivity contribution in [1.29, 1.82) is 0 Å². The number of hydrogen-bond donors (Lipinski definition) is 0. The number of nitrogens with zero attached hydrogens (tertiary/aromatic N) is 1. The standard InChI is InChI=1S/C21H25NO3Si/c1-22-17-11-13-8-9-26(4,5)12-14(13)10-16(17)19-15(21(22)23)6-7-18(24-2)20(19)25-3/h6-7,10-11H,8-9,12H2,1-5H3. The molecule has 0 amide bonds. The molecule has 4 nitrogen and oxygen atoms in total. The maximum atomic E-state index is 13.0. The molecule has 0 saturated heterocycles. The summed E-state index contributed by atoms with van der Waals surface area (Å²) in [6.45, 7) is 4.92. The van der Waals surface area contributed by atoms with Crippen molar-refractivity contribution in [2.45, 2.75) is 31.6 Å². The minimum atomic E-state index is -1.19. The summed E-state index contributed by atoms with van der Waals surface area (Å²) >= 11 is 0. The highest BCUT2D eigenvalue weighted by Crippen LogP contribution is 2.40. The van der Waals surface area contributed by atoms with E-state index in [2.05, 4.69) is 25.2 Å². The van der Waals surface area contributed by atoms with E-state index in [0.717, 1.165) is 22.7 Å². The van der Waals surface area contributed by atoms with Crippen molar-refractivity contribution in [2.24, 2.45) is 7.05 Å². The fraction of sp³-hybridized carbons (Fsp3) is 0.381. The summed E-state index contributed by atoms with van der Waals surface area (Å²) < 4.78 is 12.9. The first-order valence-corrected chi connectivity index (χ1v) is 12.5. The molecular formula is C21H25NO3Si. The average molecular weight is 368 g/mol. The molecule has 5 heteroatoms. The Morgan fingerprint density at radius 2 is 1.81 bits per heavy atom.